The molecular weight excluding hydrogens is 144 g/mol. The first-order valence-corrected chi connectivity index (χ1v) is 3.32. The molecule has 0 aliphatic rings. The van der Waals surface area contributed by atoms with E-state index in [-0.39, 0.29) is 0 Å². The van der Waals surface area contributed by atoms with E-state index in [1.807, 2.05) is 6.92 Å². The molecule has 62 valence electrons. The van der Waals surface area contributed by atoms with Gasteiger partial charge in [-0.15, -0.1) is 6.42 Å². The second-order valence-electron chi connectivity index (χ2n) is 2.28. The maximum atomic E-state index is 10.6. The van der Waals surface area contributed by atoms with Gasteiger partial charge in [-0.2, -0.15) is 0 Å². The molecule has 0 heterocycles. The van der Waals surface area contributed by atoms with Gasteiger partial charge >= 0.3 is 6.16 Å². The van der Waals surface area contributed by atoms with Crippen LogP contribution in [-0.4, -0.2) is 18.9 Å². The number of carbonyl (C=O) groups excluding carboxylic acids is 1. The molecule has 3 heteroatoms. The highest BCUT2D eigenvalue weighted by atomic mass is 16.7. The molecule has 0 saturated heterocycles. The standard InChI is InChI=1S/C8H12O3/c1-5-8(3,6-2)11-7(9)10-4/h1H,6H2,2-4H3. The zero-order valence-corrected chi connectivity index (χ0v) is 7.01. The Morgan fingerprint density at radius 2 is 2.27 bits per heavy atom. The number of methoxy groups -OCH3 is 1. The zero-order chi connectivity index (χ0) is 8.91. The molecule has 0 spiro atoms. The predicted octanol–water partition coefficient (Wildman–Crippen LogP) is 1.57. The van der Waals surface area contributed by atoms with E-state index in [2.05, 4.69) is 10.7 Å². The first-order valence-electron chi connectivity index (χ1n) is 3.32. The Morgan fingerprint density at radius 3 is 2.55 bits per heavy atom. The number of ether oxygens (including phenoxy) is 2. The Morgan fingerprint density at radius 1 is 1.73 bits per heavy atom. The molecule has 0 aromatic heterocycles. The maximum absolute atomic E-state index is 10.6. The maximum Gasteiger partial charge on any atom is 0.509 e. The first kappa shape index (κ1) is 9.83. The average Bonchev–Trinajstić information content (AvgIpc) is 2.04. The quantitative estimate of drug-likeness (QED) is 0.449. The first-order chi connectivity index (χ1) is 5.08. The Kier molecular flexibility index (Phi) is 3.46. The van der Waals surface area contributed by atoms with Crippen LogP contribution in [0.5, 0.6) is 0 Å². The Balaban J connectivity index is 4.11. The van der Waals surface area contributed by atoms with Crippen molar-refractivity contribution in [1.29, 1.82) is 0 Å². The lowest BCUT2D eigenvalue weighted by atomic mass is 10.1. The van der Waals surface area contributed by atoms with Gasteiger partial charge in [-0.25, -0.2) is 4.79 Å². The third-order valence-corrected chi connectivity index (χ3v) is 1.46. The molecule has 0 bridgehead atoms. The van der Waals surface area contributed by atoms with Crippen LogP contribution in [0.15, 0.2) is 0 Å². The van der Waals surface area contributed by atoms with Crippen LogP contribution in [0, 0.1) is 12.3 Å². The Bertz CT molecular complexity index is 180. The summed E-state index contributed by atoms with van der Waals surface area (Å²) in [4.78, 5) is 10.6. The normalized spacial score (nSPS) is 14.4. The molecule has 0 aromatic rings. The molecule has 0 amide bonds. The molecule has 3 nitrogen and oxygen atoms in total. The summed E-state index contributed by atoms with van der Waals surface area (Å²) < 4.78 is 9.08. The van der Waals surface area contributed by atoms with Crippen molar-refractivity contribution in [3.05, 3.63) is 0 Å². The van der Waals surface area contributed by atoms with Crippen LogP contribution in [0.1, 0.15) is 20.3 Å². The highest BCUT2D eigenvalue weighted by molar-refractivity contribution is 5.60. The van der Waals surface area contributed by atoms with Gasteiger partial charge < -0.3 is 9.47 Å². The van der Waals surface area contributed by atoms with Crippen LogP contribution in [-0.2, 0) is 9.47 Å². The summed E-state index contributed by atoms with van der Waals surface area (Å²) >= 11 is 0. The van der Waals surface area contributed by atoms with Crippen molar-refractivity contribution in [2.75, 3.05) is 7.11 Å². The van der Waals surface area contributed by atoms with Gasteiger partial charge in [-0.05, 0) is 13.3 Å². The van der Waals surface area contributed by atoms with Gasteiger partial charge in [0, 0.05) is 0 Å². The predicted molar refractivity (Wildman–Crippen MR) is 41.0 cm³/mol. The van der Waals surface area contributed by atoms with Crippen LogP contribution < -0.4 is 0 Å². The van der Waals surface area contributed by atoms with E-state index in [1.165, 1.54) is 7.11 Å². The van der Waals surface area contributed by atoms with E-state index >= 15 is 0 Å². The fourth-order valence-corrected chi connectivity index (χ4v) is 0.429. The lowest BCUT2D eigenvalue weighted by molar-refractivity contribution is 0.0119. The fourth-order valence-electron chi connectivity index (χ4n) is 0.429. The van der Waals surface area contributed by atoms with Crippen LogP contribution in [0.4, 0.5) is 4.79 Å². The third kappa shape index (κ3) is 2.94. The van der Waals surface area contributed by atoms with E-state index in [0.717, 1.165) is 0 Å². The number of terminal acetylenes is 1. The average molecular weight is 156 g/mol. The van der Waals surface area contributed by atoms with E-state index in [4.69, 9.17) is 11.2 Å². The van der Waals surface area contributed by atoms with Gasteiger partial charge in [0.2, 0.25) is 0 Å². The van der Waals surface area contributed by atoms with E-state index in [0.29, 0.717) is 6.42 Å². The number of hydrogen-bond donors (Lipinski definition) is 0. The minimum Gasteiger partial charge on any atom is -0.438 e. The summed E-state index contributed by atoms with van der Waals surface area (Å²) in [6.07, 6.45) is 4.96. The molecule has 0 fully saturated rings. The molecule has 0 aliphatic carbocycles. The third-order valence-electron chi connectivity index (χ3n) is 1.46. The second-order valence-corrected chi connectivity index (χ2v) is 2.28. The van der Waals surface area contributed by atoms with Crippen molar-refractivity contribution in [2.45, 2.75) is 25.9 Å². The molecule has 11 heavy (non-hydrogen) atoms. The minimum absolute atomic E-state index is 0.568. The molecule has 0 aromatic carbocycles. The molecule has 0 aliphatic heterocycles. The lowest BCUT2D eigenvalue weighted by Gasteiger charge is -2.20. The van der Waals surface area contributed by atoms with Crippen molar-refractivity contribution in [1.82, 2.24) is 0 Å². The summed E-state index contributed by atoms with van der Waals surface area (Å²) in [5.41, 5.74) is -0.840. The summed E-state index contributed by atoms with van der Waals surface area (Å²) in [5.74, 6) is 2.37. The SMILES string of the molecule is C#CC(C)(CC)OC(=O)OC. The van der Waals surface area contributed by atoms with E-state index in [1.54, 1.807) is 6.92 Å². The number of carbonyl (C=O) groups is 1. The van der Waals surface area contributed by atoms with Crippen molar-refractivity contribution in [3.63, 3.8) is 0 Å². The highest BCUT2D eigenvalue weighted by Crippen LogP contribution is 2.13. The van der Waals surface area contributed by atoms with Crippen LogP contribution in [0.2, 0.25) is 0 Å². The van der Waals surface area contributed by atoms with Crippen LogP contribution >= 0.6 is 0 Å². The molecule has 1 unspecified atom stereocenters. The topological polar surface area (TPSA) is 35.5 Å². The van der Waals surface area contributed by atoms with Gasteiger partial charge in [0.15, 0.2) is 5.60 Å². The highest BCUT2D eigenvalue weighted by Gasteiger charge is 2.23. The minimum atomic E-state index is -0.840. The van der Waals surface area contributed by atoms with E-state index in [9.17, 15) is 4.79 Å². The zero-order valence-electron chi connectivity index (χ0n) is 7.01. The summed E-state index contributed by atoms with van der Waals surface area (Å²) in [7, 11) is 1.24. The smallest absolute Gasteiger partial charge is 0.438 e. The molecule has 0 N–H and O–H groups in total. The van der Waals surface area contributed by atoms with E-state index < -0.39 is 11.8 Å². The van der Waals surface area contributed by atoms with Gasteiger partial charge in [0.25, 0.3) is 0 Å². The second kappa shape index (κ2) is 3.87. The number of hydrogen-bond acceptors (Lipinski definition) is 3. The summed E-state index contributed by atoms with van der Waals surface area (Å²) in [5, 5.41) is 0. The molecular formula is C8H12O3. The monoisotopic (exact) mass is 156 g/mol. The van der Waals surface area contributed by atoms with Gasteiger partial charge in [0.1, 0.15) is 0 Å². The van der Waals surface area contributed by atoms with Gasteiger partial charge in [0.05, 0.1) is 7.11 Å². The van der Waals surface area contributed by atoms with Crippen molar-refractivity contribution in [3.8, 4) is 12.3 Å². The fraction of sp³-hybridized carbons (Fsp3) is 0.625. The van der Waals surface area contributed by atoms with Crippen molar-refractivity contribution >= 4 is 6.16 Å². The van der Waals surface area contributed by atoms with Crippen LogP contribution in [0.25, 0.3) is 0 Å². The van der Waals surface area contributed by atoms with Crippen molar-refractivity contribution < 1.29 is 14.3 Å². The van der Waals surface area contributed by atoms with Gasteiger partial charge in [-0.3, -0.25) is 0 Å². The largest absolute Gasteiger partial charge is 0.509 e. The molecule has 0 rings (SSSR count). The Hall–Kier alpha value is -1.17. The lowest BCUT2D eigenvalue weighted by Crippen LogP contribution is -2.28. The van der Waals surface area contributed by atoms with Crippen LogP contribution in [0.3, 0.4) is 0 Å². The molecule has 1 atom stereocenters. The summed E-state index contributed by atoms with van der Waals surface area (Å²) in [6.45, 7) is 3.49. The van der Waals surface area contributed by atoms with Gasteiger partial charge in [-0.1, -0.05) is 12.8 Å². The molecule has 0 radical (unpaired) electrons. The Labute approximate surface area is 66.7 Å². The van der Waals surface area contributed by atoms with Crippen molar-refractivity contribution in [2.24, 2.45) is 0 Å². The summed E-state index contributed by atoms with van der Waals surface area (Å²) in [6, 6.07) is 0. The molecule has 0 saturated carbocycles. The number of rotatable bonds is 2.